The van der Waals surface area contributed by atoms with Gasteiger partial charge in [-0.15, -0.1) is 34.2 Å². The molecule has 0 bridgehead atoms. The van der Waals surface area contributed by atoms with Crippen molar-refractivity contribution in [2.75, 3.05) is 37.6 Å². The molecule has 0 aliphatic carbocycles. The first-order valence-electron chi connectivity index (χ1n) is 9.97. The Morgan fingerprint density at radius 3 is 2.41 bits per heavy atom. The lowest BCUT2D eigenvalue weighted by molar-refractivity contribution is 0.371. The first-order chi connectivity index (χ1) is 13.6. The highest BCUT2D eigenvalue weighted by atomic mass is 127. The molecule has 0 radical (unpaired) electrons. The third-order valence-electron chi connectivity index (χ3n) is 5.14. The Morgan fingerprint density at radius 1 is 1.14 bits per heavy atom. The van der Waals surface area contributed by atoms with E-state index in [0.29, 0.717) is 6.54 Å². The normalized spacial score (nSPS) is 14.7. The Hall–Kier alpha value is -1.91. The van der Waals surface area contributed by atoms with Gasteiger partial charge in [0.2, 0.25) is 0 Å². The number of hydrogen-bond donors (Lipinski definition) is 1. The number of halogens is 2. The van der Waals surface area contributed by atoms with Crippen LogP contribution >= 0.6 is 24.0 Å². The van der Waals surface area contributed by atoms with Gasteiger partial charge in [-0.3, -0.25) is 0 Å². The highest BCUT2D eigenvalue weighted by Gasteiger charge is 2.20. The van der Waals surface area contributed by atoms with Crippen molar-refractivity contribution >= 4 is 35.6 Å². The van der Waals surface area contributed by atoms with Gasteiger partial charge >= 0.3 is 0 Å². The maximum absolute atomic E-state index is 13.2. The quantitative estimate of drug-likeness (QED) is 0.278. The molecule has 1 aliphatic heterocycles. The standard InChI is InChI=1S/C20H30FN7.HI/c1-4-5-10-22-20(23-15-19-25-24-16(2)26(19)3)28-13-11-27(12-14-28)18-8-6-17(21)7-9-18;/h6-9H,4-5,10-15H2,1-3H3,(H,22,23);1H. The number of aliphatic imine (C=N–C) groups is 1. The number of nitrogens with one attached hydrogen (secondary N) is 1. The summed E-state index contributed by atoms with van der Waals surface area (Å²) in [5.74, 6) is 2.47. The molecule has 0 saturated carbocycles. The average molecular weight is 515 g/mol. The highest BCUT2D eigenvalue weighted by molar-refractivity contribution is 14.0. The molecule has 1 saturated heterocycles. The van der Waals surface area contributed by atoms with E-state index in [1.807, 2.05) is 30.7 Å². The third kappa shape index (κ3) is 6.28. The molecule has 1 aliphatic rings. The summed E-state index contributed by atoms with van der Waals surface area (Å²) >= 11 is 0. The zero-order valence-corrected chi connectivity index (χ0v) is 19.8. The molecule has 9 heteroatoms. The fourth-order valence-electron chi connectivity index (χ4n) is 3.21. The minimum absolute atomic E-state index is 0. The largest absolute Gasteiger partial charge is 0.368 e. The lowest BCUT2D eigenvalue weighted by Crippen LogP contribution is -2.52. The van der Waals surface area contributed by atoms with Crippen molar-refractivity contribution in [1.29, 1.82) is 0 Å². The number of unbranched alkanes of at least 4 members (excludes halogenated alkanes) is 1. The van der Waals surface area contributed by atoms with Gasteiger partial charge in [-0.1, -0.05) is 13.3 Å². The Labute approximate surface area is 189 Å². The van der Waals surface area contributed by atoms with Crippen molar-refractivity contribution in [3.8, 4) is 0 Å². The van der Waals surface area contributed by atoms with Crippen LogP contribution in [0.4, 0.5) is 10.1 Å². The van der Waals surface area contributed by atoms with Gasteiger partial charge in [0.05, 0.1) is 0 Å². The van der Waals surface area contributed by atoms with Crippen LogP contribution in [0.5, 0.6) is 0 Å². The van der Waals surface area contributed by atoms with Gasteiger partial charge in [0, 0.05) is 45.5 Å². The fourth-order valence-corrected chi connectivity index (χ4v) is 3.21. The second-order valence-corrected chi connectivity index (χ2v) is 7.09. The molecule has 1 N–H and O–H groups in total. The minimum Gasteiger partial charge on any atom is -0.368 e. The maximum atomic E-state index is 13.2. The molecule has 1 aromatic carbocycles. The predicted molar refractivity (Wildman–Crippen MR) is 125 cm³/mol. The van der Waals surface area contributed by atoms with Crippen LogP contribution in [0.1, 0.15) is 31.4 Å². The number of aromatic nitrogens is 3. The summed E-state index contributed by atoms with van der Waals surface area (Å²) in [6, 6.07) is 6.72. The van der Waals surface area contributed by atoms with E-state index in [1.54, 1.807) is 0 Å². The average Bonchev–Trinajstić information content (AvgIpc) is 3.03. The number of benzene rings is 1. The minimum atomic E-state index is -0.198. The van der Waals surface area contributed by atoms with Gasteiger partial charge in [0.1, 0.15) is 18.2 Å². The number of guanidine groups is 1. The fraction of sp³-hybridized carbons (Fsp3) is 0.550. The summed E-state index contributed by atoms with van der Waals surface area (Å²) in [5.41, 5.74) is 1.06. The van der Waals surface area contributed by atoms with E-state index >= 15 is 0 Å². The van der Waals surface area contributed by atoms with Crippen LogP contribution in [0.15, 0.2) is 29.3 Å². The molecule has 2 aromatic rings. The summed E-state index contributed by atoms with van der Waals surface area (Å²) in [7, 11) is 1.96. The molecular formula is C20H31FIN7. The Kier molecular flexibility index (Phi) is 9.12. The van der Waals surface area contributed by atoms with Gasteiger partial charge in [0.25, 0.3) is 0 Å². The number of hydrogen-bond acceptors (Lipinski definition) is 4. The second kappa shape index (κ2) is 11.3. The van der Waals surface area contributed by atoms with Crippen LogP contribution in [-0.4, -0.2) is 58.3 Å². The van der Waals surface area contributed by atoms with Crippen LogP contribution in [-0.2, 0) is 13.6 Å². The molecular weight excluding hydrogens is 484 g/mol. The van der Waals surface area contributed by atoms with Gasteiger partial charge < -0.3 is 19.7 Å². The van der Waals surface area contributed by atoms with Crippen LogP contribution in [0.2, 0.25) is 0 Å². The molecule has 3 rings (SSSR count). The smallest absolute Gasteiger partial charge is 0.194 e. The van der Waals surface area contributed by atoms with Crippen molar-refractivity contribution in [2.24, 2.45) is 12.0 Å². The van der Waals surface area contributed by atoms with E-state index in [9.17, 15) is 4.39 Å². The molecule has 29 heavy (non-hydrogen) atoms. The molecule has 7 nitrogen and oxygen atoms in total. The topological polar surface area (TPSA) is 61.6 Å². The monoisotopic (exact) mass is 515 g/mol. The van der Waals surface area contributed by atoms with Crippen molar-refractivity contribution in [3.63, 3.8) is 0 Å². The number of rotatable bonds is 6. The summed E-state index contributed by atoms with van der Waals surface area (Å²) in [4.78, 5) is 9.39. The SMILES string of the molecule is CCCCNC(=NCc1nnc(C)n1C)N1CCN(c2ccc(F)cc2)CC1.I. The summed E-state index contributed by atoms with van der Waals surface area (Å²) in [6.45, 7) is 9.03. The summed E-state index contributed by atoms with van der Waals surface area (Å²) in [5, 5.41) is 11.8. The Morgan fingerprint density at radius 2 is 1.83 bits per heavy atom. The van der Waals surface area contributed by atoms with Gasteiger partial charge in [-0.05, 0) is 37.6 Å². The molecule has 1 fully saturated rings. The van der Waals surface area contributed by atoms with E-state index in [2.05, 4.69) is 32.2 Å². The van der Waals surface area contributed by atoms with Crippen LogP contribution in [0.25, 0.3) is 0 Å². The zero-order chi connectivity index (χ0) is 19.9. The molecule has 1 aromatic heterocycles. The Bertz CT molecular complexity index is 783. The van der Waals surface area contributed by atoms with Crippen LogP contribution < -0.4 is 10.2 Å². The van der Waals surface area contributed by atoms with E-state index in [-0.39, 0.29) is 29.8 Å². The third-order valence-corrected chi connectivity index (χ3v) is 5.14. The predicted octanol–water partition coefficient (Wildman–Crippen LogP) is 2.95. The number of nitrogens with zero attached hydrogens (tertiary/aromatic N) is 6. The summed E-state index contributed by atoms with van der Waals surface area (Å²) < 4.78 is 15.1. The van der Waals surface area contributed by atoms with Crippen molar-refractivity contribution in [1.82, 2.24) is 25.0 Å². The first-order valence-corrected chi connectivity index (χ1v) is 9.97. The maximum Gasteiger partial charge on any atom is 0.194 e. The molecule has 0 unspecified atom stereocenters. The molecule has 0 atom stereocenters. The number of piperazine rings is 1. The van der Waals surface area contributed by atoms with E-state index in [4.69, 9.17) is 4.99 Å². The molecule has 2 heterocycles. The van der Waals surface area contributed by atoms with Gasteiger partial charge in [-0.25, -0.2) is 9.38 Å². The molecule has 160 valence electrons. The van der Waals surface area contributed by atoms with Crippen LogP contribution in [0.3, 0.4) is 0 Å². The molecule has 0 amide bonds. The van der Waals surface area contributed by atoms with Crippen molar-refractivity contribution < 1.29 is 4.39 Å². The molecule has 0 spiro atoms. The van der Waals surface area contributed by atoms with Crippen molar-refractivity contribution in [2.45, 2.75) is 33.2 Å². The van der Waals surface area contributed by atoms with E-state index < -0.39 is 0 Å². The highest BCUT2D eigenvalue weighted by Crippen LogP contribution is 2.17. The second-order valence-electron chi connectivity index (χ2n) is 7.09. The lowest BCUT2D eigenvalue weighted by atomic mass is 10.2. The first kappa shape index (κ1) is 23.4. The Balaban J connectivity index is 0.00000300. The zero-order valence-electron chi connectivity index (χ0n) is 17.4. The van der Waals surface area contributed by atoms with Gasteiger partial charge in [-0.2, -0.15) is 0 Å². The summed E-state index contributed by atoms with van der Waals surface area (Å²) in [6.07, 6.45) is 2.25. The van der Waals surface area contributed by atoms with E-state index in [1.165, 1.54) is 12.1 Å². The van der Waals surface area contributed by atoms with E-state index in [0.717, 1.165) is 68.9 Å². The number of anilines is 1. The van der Waals surface area contributed by atoms with Crippen molar-refractivity contribution in [3.05, 3.63) is 41.7 Å². The number of aryl methyl sites for hydroxylation is 1. The van der Waals surface area contributed by atoms with Crippen LogP contribution in [0, 0.1) is 12.7 Å². The van der Waals surface area contributed by atoms with Gasteiger partial charge in [0.15, 0.2) is 11.8 Å². The lowest BCUT2D eigenvalue weighted by Gasteiger charge is -2.37.